The number of aromatic nitrogens is 4. The number of ether oxygens (including phenoxy) is 1. The number of nitrogens with zero attached hydrogens (tertiary/aromatic N) is 4. The highest BCUT2D eigenvalue weighted by Gasteiger charge is 2.27. The highest BCUT2D eigenvalue weighted by molar-refractivity contribution is 6.37. The number of fused-ring (bicyclic) bond motifs is 1. The Balaban J connectivity index is 1.62. The molecule has 0 aliphatic carbocycles. The highest BCUT2D eigenvalue weighted by Crippen LogP contribution is 2.36. The molecule has 5 rings (SSSR count). The van der Waals surface area contributed by atoms with E-state index < -0.39 is 5.78 Å². The van der Waals surface area contributed by atoms with E-state index in [9.17, 15) is 4.79 Å². The van der Waals surface area contributed by atoms with Crippen molar-refractivity contribution in [2.75, 3.05) is 7.11 Å². The van der Waals surface area contributed by atoms with E-state index >= 15 is 0 Å². The van der Waals surface area contributed by atoms with Crippen molar-refractivity contribution in [1.82, 2.24) is 19.5 Å². The van der Waals surface area contributed by atoms with Crippen LogP contribution in [0.15, 0.2) is 65.6 Å². The lowest BCUT2D eigenvalue weighted by Crippen LogP contribution is -2.04. The van der Waals surface area contributed by atoms with Gasteiger partial charge in [-0.25, -0.2) is 15.0 Å². The van der Waals surface area contributed by atoms with E-state index in [4.69, 9.17) is 44.0 Å². The zero-order chi connectivity index (χ0) is 23.8. The van der Waals surface area contributed by atoms with Gasteiger partial charge in [0.25, 0.3) is 11.7 Å². The zero-order valence-corrected chi connectivity index (χ0v) is 19.9. The molecule has 0 N–H and O–H groups in total. The summed E-state index contributed by atoms with van der Waals surface area (Å²) in [6, 6.07) is 12.3. The molecule has 170 valence electrons. The number of carbonyl (C=O) groups excluding carboxylic acids is 1. The molecule has 0 aliphatic heterocycles. The van der Waals surface area contributed by atoms with Crippen molar-refractivity contribution >= 4 is 51.5 Å². The SMILES string of the molecule is COc1ccc2c(c1)c(C(=O)c1ncc(-c3ccncn3)o1)c(Cl)n2Cc1ccc(Cl)cc1Cl. The molecule has 0 bridgehead atoms. The normalized spacial score (nSPS) is 11.2. The summed E-state index contributed by atoms with van der Waals surface area (Å²) >= 11 is 19.2. The van der Waals surface area contributed by atoms with E-state index in [-0.39, 0.29) is 16.6 Å². The molecule has 0 atom stereocenters. The predicted octanol–water partition coefficient (Wildman–Crippen LogP) is 6.33. The third kappa shape index (κ3) is 4.03. The Labute approximate surface area is 208 Å². The second-order valence-electron chi connectivity index (χ2n) is 7.32. The number of rotatable bonds is 6. The van der Waals surface area contributed by atoms with Gasteiger partial charge in [-0.2, -0.15) is 0 Å². The number of oxazole rings is 1. The maximum Gasteiger partial charge on any atom is 0.269 e. The molecule has 0 unspecified atom stereocenters. The second-order valence-corrected chi connectivity index (χ2v) is 8.53. The second kappa shape index (κ2) is 9.10. The van der Waals surface area contributed by atoms with Crippen LogP contribution < -0.4 is 4.74 Å². The topological polar surface area (TPSA) is 83.0 Å². The summed E-state index contributed by atoms with van der Waals surface area (Å²) in [5.74, 6) is 0.344. The van der Waals surface area contributed by atoms with Gasteiger partial charge in [0.05, 0.1) is 30.9 Å². The summed E-state index contributed by atoms with van der Waals surface area (Å²) in [5, 5.41) is 1.84. The van der Waals surface area contributed by atoms with Crippen molar-refractivity contribution in [2.24, 2.45) is 0 Å². The minimum atomic E-state index is -0.468. The zero-order valence-electron chi connectivity index (χ0n) is 17.6. The molecule has 0 fully saturated rings. The van der Waals surface area contributed by atoms with Crippen molar-refractivity contribution in [1.29, 1.82) is 0 Å². The molecule has 0 spiro atoms. The minimum Gasteiger partial charge on any atom is -0.497 e. The van der Waals surface area contributed by atoms with Crippen LogP contribution in [-0.2, 0) is 6.54 Å². The van der Waals surface area contributed by atoms with Gasteiger partial charge < -0.3 is 13.7 Å². The van der Waals surface area contributed by atoms with Gasteiger partial charge in [0.1, 0.15) is 22.9 Å². The van der Waals surface area contributed by atoms with Crippen LogP contribution in [0.3, 0.4) is 0 Å². The van der Waals surface area contributed by atoms with E-state index in [2.05, 4.69) is 15.0 Å². The van der Waals surface area contributed by atoms with Gasteiger partial charge in [0.2, 0.25) is 0 Å². The summed E-state index contributed by atoms with van der Waals surface area (Å²) in [5.41, 5.74) is 2.27. The molecule has 7 nitrogen and oxygen atoms in total. The summed E-state index contributed by atoms with van der Waals surface area (Å²) < 4.78 is 12.9. The van der Waals surface area contributed by atoms with Gasteiger partial charge in [0.15, 0.2) is 5.76 Å². The standard InChI is InChI=1S/C24H15Cl3N4O3/c1-33-15-4-5-19-16(9-15)21(23(27)31(19)11-13-2-3-14(25)8-17(13)26)22(32)24-29-10-20(34-24)18-6-7-28-12-30-18/h2-10,12H,11H2,1H3. The Kier molecular flexibility index (Phi) is 6.00. The lowest BCUT2D eigenvalue weighted by Gasteiger charge is -2.10. The van der Waals surface area contributed by atoms with Gasteiger partial charge in [-0.05, 0) is 42.0 Å². The first-order chi connectivity index (χ1) is 16.5. The molecule has 2 aromatic carbocycles. The van der Waals surface area contributed by atoms with Crippen molar-refractivity contribution in [2.45, 2.75) is 6.54 Å². The number of carbonyl (C=O) groups is 1. The average Bonchev–Trinajstić information content (AvgIpc) is 3.44. The molecule has 34 heavy (non-hydrogen) atoms. The molecule has 5 aromatic rings. The maximum absolute atomic E-state index is 13.5. The molecule has 0 amide bonds. The lowest BCUT2D eigenvalue weighted by molar-refractivity contribution is 0.100. The fraction of sp³-hybridized carbons (Fsp3) is 0.0833. The van der Waals surface area contributed by atoms with Crippen LogP contribution in [0, 0.1) is 0 Å². The third-order valence-electron chi connectivity index (χ3n) is 5.31. The van der Waals surface area contributed by atoms with Gasteiger partial charge in [-0.3, -0.25) is 4.79 Å². The molecule has 3 heterocycles. The van der Waals surface area contributed by atoms with Crippen LogP contribution in [0.2, 0.25) is 15.2 Å². The summed E-state index contributed by atoms with van der Waals surface area (Å²) in [4.78, 5) is 25.7. The Bertz CT molecular complexity index is 1530. The number of hydrogen-bond acceptors (Lipinski definition) is 6. The number of ketones is 1. The van der Waals surface area contributed by atoms with Crippen LogP contribution in [-0.4, -0.2) is 32.4 Å². The van der Waals surface area contributed by atoms with Gasteiger partial charge in [0, 0.05) is 21.6 Å². The fourth-order valence-corrected chi connectivity index (χ4v) is 4.47. The van der Waals surface area contributed by atoms with Crippen LogP contribution in [0.1, 0.15) is 21.8 Å². The monoisotopic (exact) mass is 512 g/mol. The molecule has 0 aliphatic rings. The quantitative estimate of drug-likeness (QED) is 0.247. The van der Waals surface area contributed by atoms with Crippen LogP contribution >= 0.6 is 34.8 Å². The number of hydrogen-bond donors (Lipinski definition) is 0. The Morgan fingerprint density at radius 1 is 1.09 bits per heavy atom. The average molecular weight is 514 g/mol. The van der Waals surface area contributed by atoms with Gasteiger partial charge in [-0.15, -0.1) is 0 Å². The van der Waals surface area contributed by atoms with E-state index in [1.165, 1.54) is 12.5 Å². The molecule has 0 radical (unpaired) electrons. The first-order valence-electron chi connectivity index (χ1n) is 10.0. The Hall–Kier alpha value is -3.39. The van der Waals surface area contributed by atoms with Crippen molar-refractivity contribution < 1.29 is 13.9 Å². The maximum atomic E-state index is 13.5. The molecule has 3 aromatic heterocycles. The third-order valence-corrected chi connectivity index (χ3v) is 6.29. The number of methoxy groups -OCH3 is 1. The summed E-state index contributed by atoms with van der Waals surface area (Å²) in [7, 11) is 1.55. The highest BCUT2D eigenvalue weighted by atomic mass is 35.5. The van der Waals surface area contributed by atoms with Crippen LogP contribution in [0.4, 0.5) is 0 Å². The van der Waals surface area contributed by atoms with Crippen molar-refractivity contribution in [3.63, 3.8) is 0 Å². The largest absolute Gasteiger partial charge is 0.497 e. The van der Waals surface area contributed by atoms with E-state index in [1.54, 1.807) is 48.2 Å². The first kappa shape index (κ1) is 22.4. The summed E-state index contributed by atoms with van der Waals surface area (Å²) in [6.45, 7) is 0.322. The molecule has 10 heteroatoms. The molecular formula is C24H15Cl3N4O3. The van der Waals surface area contributed by atoms with Crippen molar-refractivity contribution in [3.8, 4) is 17.2 Å². The van der Waals surface area contributed by atoms with Crippen LogP contribution in [0.5, 0.6) is 5.75 Å². The van der Waals surface area contributed by atoms with E-state index in [1.807, 2.05) is 12.1 Å². The lowest BCUT2D eigenvalue weighted by atomic mass is 10.1. The predicted molar refractivity (Wildman–Crippen MR) is 130 cm³/mol. The molecule has 0 saturated heterocycles. The Morgan fingerprint density at radius 3 is 2.68 bits per heavy atom. The first-order valence-corrected chi connectivity index (χ1v) is 11.2. The summed E-state index contributed by atoms with van der Waals surface area (Å²) in [6.07, 6.45) is 4.40. The smallest absolute Gasteiger partial charge is 0.269 e. The van der Waals surface area contributed by atoms with E-state index in [0.717, 1.165) is 11.1 Å². The molecular weight excluding hydrogens is 499 g/mol. The molecule has 0 saturated carbocycles. The van der Waals surface area contributed by atoms with Crippen LogP contribution in [0.25, 0.3) is 22.4 Å². The fourth-order valence-electron chi connectivity index (χ4n) is 3.66. The number of halogens is 3. The van der Waals surface area contributed by atoms with E-state index in [0.29, 0.717) is 39.2 Å². The number of benzene rings is 2. The van der Waals surface area contributed by atoms with Crippen molar-refractivity contribution in [3.05, 3.63) is 93.4 Å². The van der Waals surface area contributed by atoms with Gasteiger partial charge >= 0.3 is 0 Å². The minimum absolute atomic E-state index is 0.109. The van der Waals surface area contributed by atoms with Gasteiger partial charge in [-0.1, -0.05) is 40.9 Å². The Morgan fingerprint density at radius 2 is 1.94 bits per heavy atom.